The summed E-state index contributed by atoms with van der Waals surface area (Å²) in [5, 5.41) is 3.19. The van der Waals surface area contributed by atoms with E-state index in [1.807, 2.05) is 6.92 Å². The molecule has 0 spiro atoms. The molecule has 1 saturated heterocycles. The summed E-state index contributed by atoms with van der Waals surface area (Å²) in [6, 6.07) is 1.56. The van der Waals surface area contributed by atoms with Gasteiger partial charge in [-0.3, -0.25) is 9.78 Å². The molecule has 0 amide bonds. The molecular formula is C12H21N5O. The second kappa shape index (κ2) is 5.97. The number of piperazine rings is 1. The van der Waals surface area contributed by atoms with Crippen LogP contribution in [-0.2, 0) is 6.54 Å². The maximum Gasteiger partial charge on any atom is 0.252 e. The highest BCUT2D eigenvalue weighted by molar-refractivity contribution is 5.31. The predicted octanol–water partition coefficient (Wildman–Crippen LogP) is -0.369. The Morgan fingerprint density at radius 2 is 2.11 bits per heavy atom. The molecule has 0 bridgehead atoms. The third-order valence-electron chi connectivity index (χ3n) is 3.14. The average molecular weight is 251 g/mol. The van der Waals surface area contributed by atoms with Crippen LogP contribution in [0.15, 0.2) is 10.9 Å². The Morgan fingerprint density at radius 1 is 1.39 bits per heavy atom. The van der Waals surface area contributed by atoms with E-state index in [1.165, 1.54) is 0 Å². The fourth-order valence-corrected chi connectivity index (χ4v) is 2.01. The van der Waals surface area contributed by atoms with Crippen molar-refractivity contribution in [3.8, 4) is 0 Å². The predicted molar refractivity (Wildman–Crippen MR) is 71.9 cm³/mol. The van der Waals surface area contributed by atoms with Crippen molar-refractivity contribution in [2.24, 2.45) is 0 Å². The van der Waals surface area contributed by atoms with Gasteiger partial charge in [0, 0.05) is 38.8 Å². The molecule has 1 fully saturated rings. The van der Waals surface area contributed by atoms with Crippen molar-refractivity contribution in [3.05, 3.63) is 22.1 Å². The lowest BCUT2D eigenvalue weighted by atomic mass is 10.3. The highest BCUT2D eigenvalue weighted by atomic mass is 16.1. The van der Waals surface area contributed by atoms with E-state index in [0.29, 0.717) is 12.5 Å². The van der Waals surface area contributed by atoms with E-state index < -0.39 is 0 Å². The van der Waals surface area contributed by atoms with Crippen LogP contribution in [0.5, 0.6) is 0 Å². The molecule has 2 N–H and O–H groups in total. The van der Waals surface area contributed by atoms with Gasteiger partial charge in [0.1, 0.15) is 0 Å². The lowest BCUT2D eigenvalue weighted by molar-refractivity contribution is 0.311. The van der Waals surface area contributed by atoms with Crippen LogP contribution in [0.4, 0.5) is 5.95 Å². The number of H-pyrrole nitrogens is 1. The molecule has 1 aromatic heterocycles. The van der Waals surface area contributed by atoms with Crippen LogP contribution in [0.25, 0.3) is 0 Å². The Balaban J connectivity index is 2.12. The Kier molecular flexibility index (Phi) is 4.33. The number of hydrogen-bond acceptors (Lipinski definition) is 5. The summed E-state index contributed by atoms with van der Waals surface area (Å²) in [6.45, 7) is 7.37. The summed E-state index contributed by atoms with van der Waals surface area (Å²) in [5.74, 6) is 0.698. The van der Waals surface area contributed by atoms with Gasteiger partial charge in [-0.2, -0.15) is 0 Å². The lowest BCUT2D eigenvalue weighted by Crippen LogP contribution is -2.45. The number of aromatic nitrogens is 2. The van der Waals surface area contributed by atoms with Gasteiger partial charge in [-0.05, 0) is 13.6 Å². The minimum absolute atomic E-state index is 0.0770. The van der Waals surface area contributed by atoms with Gasteiger partial charge in [-0.1, -0.05) is 6.92 Å². The molecule has 0 saturated carbocycles. The third kappa shape index (κ3) is 3.30. The Morgan fingerprint density at radius 3 is 2.78 bits per heavy atom. The van der Waals surface area contributed by atoms with Crippen LogP contribution in [-0.4, -0.2) is 54.6 Å². The summed E-state index contributed by atoms with van der Waals surface area (Å²) in [7, 11) is 2.11. The molecule has 18 heavy (non-hydrogen) atoms. The van der Waals surface area contributed by atoms with E-state index >= 15 is 0 Å². The third-order valence-corrected chi connectivity index (χ3v) is 3.14. The van der Waals surface area contributed by atoms with E-state index in [4.69, 9.17) is 0 Å². The van der Waals surface area contributed by atoms with Crippen LogP contribution in [0.3, 0.4) is 0 Å². The van der Waals surface area contributed by atoms with Gasteiger partial charge in [-0.15, -0.1) is 0 Å². The molecule has 0 radical (unpaired) electrons. The molecule has 6 heteroatoms. The molecule has 0 aromatic carbocycles. The average Bonchev–Trinajstić information content (AvgIpc) is 2.36. The fraction of sp³-hybridized carbons (Fsp3) is 0.667. The first-order valence-corrected chi connectivity index (χ1v) is 6.43. The maximum absolute atomic E-state index is 11.6. The molecule has 1 aromatic rings. The van der Waals surface area contributed by atoms with E-state index in [1.54, 1.807) is 6.07 Å². The van der Waals surface area contributed by atoms with Crippen molar-refractivity contribution in [3.63, 3.8) is 0 Å². The number of anilines is 1. The summed E-state index contributed by atoms with van der Waals surface area (Å²) in [5.41, 5.74) is 0.723. The van der Waals surface area contributed by atoms with Gasteiger partial charge in [0.05, 0.1) is 5.69 Å². The molecule has 100 valence electrons. The van der Waals surface area contributed by atoms with Crippen molar-refractivity contribution >= 4 is 5.95 Å². The molecule has 0 aliphatic carbocycles. The van der Waals surface area contributed by atoms with Crippen molar-refractivity contribution in [2.75, 3.05) is 44.7 Å². The molecule has 2 rings (SSSR count). The summed E-state index contributed by atoms with van der Waals surface area (Å²) < 4.78 is 0. The van der Waals surface area contributed by atoms with E-state index in [0.717, 1.165) is 38.4 Å². The summed E-state index contributed by atoms with van der Waals surface area (Å²) >= 11 is 0. The van der Waals surface area contributed by atoms with E-state index in [9.17, 15) is 4.79 Å². The number of nitrogens with zero attached hydrogens (tertiary/aromatic N) is 3. The second-order valence-corrected chi connectivity index (χ2v) is 4.63. The molecule has 2 heterocycles. The Hall–Kier alpha value is -1.40. The van der Waals surface area contributed by atoms with Gasteiger partial charge in [0.15, 0.2) is 0 Å². The number of nitrogens with one attached hydrogen (secondary N) is 2. The van der Waals surface area contributed by atoms with Crippen molar-refractivity contribution in [1.82, 2.24) is 20.2 Å². The van der Waals surface area contributed by atoms with Crippen LogP contribution in [0.1, 0.15) is 12.6 Å². The molecule has 1 aliphatic heterocycles. The minimum atomic E-state index is -0.0770. The fourth-order valence-electron chi connectivity index (χ4n) is 2.01. The number of aromatic amines is 1. The quantitative estimate of drug-likeness (QED) is 0.764. The molecule has 0 atom stereocenters. The van der Waals surface area contributed by atoms with Gasteiger partial charge >= 0.3 is 0 Å². The molecule has 0 unspecified atom stereocenters. The van der Waals surface area contributed by atoms with Gasteiger partial charge in [0.25, 0.3) is 5.56 Å². The van der Waals surface area contributed by atoms with Crippen molar-refractivity contribution in [2.45, 2.75) is 13.5 Å². The number of hydrogen-bond donors (Lipinski definition) is 2. The van der Waals surface area contributed by atoms with Gasteiger partial charge < -0.3 is 15.1 Å². The second-order valence-electron chi connectivity index (χ2n) is 4.63. The van der Waals surface area contributed by atoms with Gasteiger partial charge in [0.2, 0.25) is 5.95 Å². The van der Waals surface area contributed by atoms with Crippen LogP contribution in [0.2, 0.25) is 0 Å². The zero-order chi connectivity index (χ0) is 13.0. The molecule has 1 aliphatic rings. The van der Waals surface area contributed by atoms with Gasteiger partial charge in [-0.25, -0.2) is 4.98 Å². The number of likely N-dealkylation sites (N-methyl/N-ethyl adjacent to an activating group) is 1. The first-order valence-electron chi connectivity index (χ1n) is 6.43. The zero-order valence-electron chi connectivity index (χ0n) is 11.1. The number of rotatable bonds is 4. The first kappa shape index (κ1) is 13.0. The van der Waals surface area contributed by atoms with E-state index in [-0.39, 0.29) is 5.56 Å². The molecule has 6 nitrogen and oxygen atoms in total. The minimum Gasteiger partial charge on any atom is -0.340 e. The lowest BCUT2D eigenvalue weighted by Gasteiger charge is -2.32. The normalized spacial score (nSPS) is 17.1. The monoisotopic (exact) mass is 251 g/mol. The first-order chi connectivity index (χ1) is 8.69. The van der Waals surface area contributed by atoms with Crippen LogP contribution >= 0.6 is 0 Å². The van der Waals surface area contributed by atoms with Crippen molar-refractivity contribution in [1.29, 1.82) is 0 Å². The van der Waals surface area contributed by atoms with Crippen molar-refractivity contribution < 1.29 is 0 Å². The summed E-state index contributed by atoms with van der Waals surface area (Å²) in [4.78, 5) is 23.4. The standard InChI is InChI=1S/C12H21N5O/c1-3-13-9-10-8-11(18)15-12(14-10)17-6-4-16(2)5-7-17/h8,13H,3-7,9H2,1-2H3,(H,14,15,18). The maximum atomic E-state index is 11.6. The summed E-state index contributed by atoms with van der Waals surface area (Å²) in [6.07, 6.45) is 0. The van der Waals surface area contributed by atoms with Crippen LogP contribution in [0, 0.1) is 0 Å². The Bertz CT molecular complexity index is 436. The smallest absolute Gasteiger partial charge is 0.252 e. The largest absolute Gasteiger partial charge is 0.340 e. The van der Waals surface area contributed by atoms with E-state index in [2.05, 4.69) is 32.1 Å². The highest BCUT2D eigenvalue weighted by Crippen LogP contribution is 2.08. The van der Waals surface area contributed by atoms with Crippen LogP contribution < -0.4 is 15.8 Å². The highest BCUT2D eigenvalue weighted by Gasteiger charge is 2.16. The Labute approximate surface area is 107 Å². The zero-order valence-corrected chi connectivity index (χ0v) is 11.1. The topological polar surface area (TPSA) is 64.3 Å². The molecular weight excluding hydrogens is 230 g/mol. The SMILES string of the molecule is CCNCc1cc(=O)[nH]c(N2CCN(C)CC2)n1.